The zero-order chi connectivity index (χ0) is 25.8. The zero-order valence-corrected chi connectivity index (χ0v) is 19.4. The van der Waals surface area contributed by atoms with Gasteiger partial charge < -0.3 is 5.73 Å². The van der Waals surface area contributed by atoms with Crippen LogP contribution >= 0.6 is 0 Å². The number of aryl methyl sites for hydroxylation is 1. The molecule has 0 atom stereocenters. The molecule has 4 rings (SSSR count). The summed E-state index contributed by atoms with van der Waals surface area (Å²) in [6, 6.07) is 22.0. The van der Waals surface area contributed by atoms with Crippen molar-refractivity contribution in [3.05, 3.63) is 132 Å². The van der Waals surface area contributed by atoms with Gasteiger partial charge in [0.05, 0.1) is 18.0 Å². The first kappa shape index (κ1) is 24.1. The van der Waals surface area contributed by atoms with E-state index in [2.05, 4.69) is 4.98 Å². The third-order valence-corrected chi connectivity index (χ3v) is 5.74. The molecule has 10 heteroatoms. The molecule has 1 aromatic heterocycles. The Bertz CT molecular complexity index is 1540. The number of hydrogen-bond acceptors (Lipinski definition) is 6. The Hall–Kier alpha value is -4.99. The molecule has 4 aromatic rings. The van der Waals surface area contributed by atoms with E-state index in [4.69, 9.17) is 5.73 Å². The van der Waals surface area contributed by atoms with Crippen molar-refractivity contribution in [3.8, 4) is 0 Å². The molecule has 0 saturated carbocycles. The summed E-state index contributed by atoms with van der Waals surface area (Å²) in [6.07, 6.45) is 0. The molecule has 0 aliphatic carbocycles. The number of carbonyl (C=O) groups is 1. The second kappa shape index (κ2) is 10.1. The number of nitrogens with zero attached hydrogens (tertiary/aromatic N) is 3. The number of nitrogens with two attached hydrogens (primary N) is 1. The number of aromatic amines is 1. The van der Waals surface area contributed by atoms with Crippen molar-refractivity contribution in [3.63, 3.8) is 0 Å². The van der Waals surface area contributed by atoms with E-state index < -0.39 is 22.1 Å². The summed E-state index contributed by atoms with van der Waals surface area (Å²) in [5.74, 6) is -0.769. The molecule has 1 heterocycles. The van der Waals surface area contributed by atoms with E-state index in [-0.39, 0.29) is 35.8 Å². The molecule has 10 nitrogen and oxygen atoms in total. The van der Waals surface area contributed by atoms with E-state index in [9.17, 15) is 24.5 Å². The number of carbonyl (C=O) groups excluding carboxylic acids is 1. The van der Waals surface area contributed by atoms with Gasteiger partial charge in [-0.1, -0.05) is 60.7 Å². The fourth-order valence-electron chi connectivity index (χ4n) is 3.93. The maximum Gasteiger partial charge on any atom is 0.330 e. The second-order valence-corrected chi connectivity index (χ2v) is 8.20. The van der Waals surface area contributed by atoms with Gasteiger partial charge in [0.25, 0.3) is 17.2 Å². The largest absolute Gasteiger partial charge is 0.383 e. The fourth-order valence-corrected chi connectivity index (χ4v) is 3.93. The van der Waals surface area contributed by atoms with Crippen LogP contribution in [0.5, 0.6) is 0 Å². The number of nitro benzene ring substituents is 1. The van der Waals surface area contributed by atoms with E-state index in [1.54, 1.807) is 24.3 Å². The van der Waals surface area contributed by atoms with Crippen LogP contribution in [0.4, 0.5) is 17.2 Å². The van der Waals surface area contributed by atoms with Gasteiger partial charge in [0.2, 0.25) is 0 Å². The summed E-state index contributed by atoms with van der Waals surface area (Å²) in [6.45, 7) is 1.59. The molecular weight excluding hydrogens is 462 g/mol. The first-order valence-electron chi connectivity index (χ1n) is 11.0. The van der Waals surface area contributed by atoms with Crippen molar-refractivity contribution in [1.82, 2.24) is 9.55 Å². The smallest absolute Gasteiger partial charge is 0.330 e. The summed E-state index contributed by atoms with van der Waals surface area (Å²) in [5, 5.41) is 11.2. The van der Waals surface area contributed by atoms with Gasteiger partial charge in [0, 0.05) is 17.2 Å². The van der Waals surface area contributed by atoms with Crippen molar-refractivity contribution in [2.45, 2.75) is 20.0 Å². The Balaban J connectivity index is 1.85. The number of aromatic nitrogens is 2. The Morgan fingerprint density at radius 3 is 2.19 bits per heavy atom. The number of anilines is 2. The van der Waals surface area contributed by atoms with Gasteiger partial charge in [-0.2, -0.15) is 0 Å². The van der Waals surface area contributed by atoms with E-state index in [1.165, 1.54) is 34.6 Å². The van der Waals surface area contributed by atoms with E-state index in [1.807, 2.05) is 36.4 Å². The van der Waals surface area contributed by atoms with Gasteiger partial charge >= 0.3 is 5.69 Å². The number of nitrogen functional groups attached to an aromatic ring is 1. The van der Waals surface area contributed by atoms with Crippen LogP contribution in [0.1, 0.15) is 27.0 Å². The monoisotopic (exact) mass is 485 g/mol. The van der Waals surface area contributed by atoms with Gasteiger partial charge in [-0.3, -0.25) is 34.2 Å². The van der Waals surface area contributed by atoms with E-state index in [0.717, 1.165) is 5.56 Å². The summed E-state index contributed by atoms with van der Waals surface area (Å²) in [4.78, 5) is 53.5. The van der Waals surface area contributed by atoms with Crippen molar-refractivity contribution in [2.75, 3.05) is 10.6 Å². The highest BCUT2D eigenvalue weighted by molar-refractivity contribution is 6.07. The lowest BCUT2D eigenvalue weighted by Crippen LogP contribution is -2.41. The molecule has 0 fully saturated rings. The lowest BCUT2D eigenvalue weighted by molar-refractivity contribution is -0.385. The summed E-state index contributed by atoms with van der Waals surface area (Å²) < 4.78 is 1.19. The first-order valence-corrected chi connectivity index (χ1v) is 11.0. The zero-order valence-electron chi connectivity index (χ0n) is 19.4. The average Bonchev–Trinajstić information content (AvgIpc) is 2.86. The van der Waals surface area contributed by atoms with Crippen molar-refractivity contribution in [1.29, 1.82) is 0 Å². The molecule has 3 N–H and O–H groups in total. The minimum absolute atomic E-state index is 0.0213. The van der Waals surface area contributed by atoms with Crippen LogP contribution in [0.15, 0.2) is 88.5 Å². The van der Waals surface area contributed by atoms with Gasteiger partial charge in [0.15, 0.2) is 5.69 Å². The van der Waals surface area contributed by atoms with Crippen LogP contribution in [0, 0.1) is 17.0 Å². The van der Waals surface area contributed by atoms with Crippen LogP contribution < -0.4 is 21.9 Å². The molecule has 0 saturated heterocycles. The number of benzene rings is 3. The molecule has 36 heavy (non-hydrogen) atoms. The number of nitrogens with one attached hydrogen (secondary N) is 1. The Morgan fingerprint density at radius 1 is 1.00 bits per heavy atom. The van der Waals surface area contributed by atoms with Crippen molar-refractivity contribution < 1.29 is 9.72 Å². The quantitative estimate of drug-likeness (QED) is 0.304. The van der Waals surface area contributed by atoms with Crippen LogP contribution in [0.3, 0.4) is 0 Å². The molecule has 182 valence electrons. The molecule has 0 bridgehead atoms. The number of hydrogen-bond donors (Lipinski definition) is 2. The summed E-state index contributed by atoms with van der Waals surface area (Å²) >= 11 is 0. The van der Waals surface area contributed by atoms with Crippen LogP contribution in [-0.2, 0) is 13.1 Å². The number of rotatable bonds is 7. The predicted octanol–water partition coefficient (Wildman–Crippen LogP) is 3.23. The summed E-state index contributed by atoms with van der Waals surface area (Å²) in [7, 11) is 0. The normalized spacial score (nSPS) is 10.7. The minimum atomic E-state index is -0.815. The highest BCUT2D eigenvalue weighted by atomic mass is 16.6. The number of amides is 1. The second-order valence-electron chi connectivity index (χ2n) is 8.20. The number of nitro groups is 1. The van der Waals surface area contributed by atoms with Crippen LogP contribution in [0.25, 0.3) is 0 Å². The van der Waals surface area contributed by atoms with E-state index >= 15 is 0 Å². The molecule has 0 aliphatic heterocycles. The Kier molecular flexibility index (Phi) is 6.77. The lowest BCUT2D eigenvalue weighted by atomic mass is 10.1. The Labute approximate surface area is 205 Å². The molecule has 3 aromatic carbocycles. The van der Waals surface area contributed by atoms with Crippen molar-refractivity contribution in [2.24, 2.45) is 0 Å². The number of H-pyrrole nitrogens is 1. The molecular formula is C26H23N5O5. The molecule has 0 unspecified atom stereocenters. The lowest BCUT2D eigenvalue weighted by Gasteiger charge is -2.25. The molecule has 0 radical (unpaired) electrons. The third-order valence-electron chi connectivity index (χ3n) is 5.74. The molecule has 0 aliphatic rings. The maximum absolute atomic E-state index is 13.7. The van der Waals surface area contributed by atoms with Gasteiger partial charge in [-0.25, -0.2) is 4.79 Å². The van der Waals surface area contributed by atoms with Crippen LogP contribution in [-0.4, -0.2) is 20.4 Å². The molecule has 1 amide bonds. The topological polar surface area (TPSA) is 144 Å². The highest BCUT2D eigenvalue weighted by Gasteiger charge is 2.26. The maximum atomic E-state index is 13.7. The summed E-state index contributed by atoms with van der Waals surface area (Å²) in [5.41, 5.74) is 6.43. The first-order chi connectivity index (χ1) is 17.3. The minimum Gasteiger partial charge on any atom is -0.383 e. The standard InChI is InChI=1S/C26H23N5O5/c1-17-14-20(12-13-21(17)31(35)36)25(33)29(15-18-8-4-2-5-9-18)22-23(27)30(26(34)28-24(22)32)16-19-10-6-3-7-11-19/h2-14H,15-16,27H2,1H3,(H,28,32,34). The average molecular weight is 486 g/mol. The van der Waals surface area contributed by atoms with Gasteiger partial charge in [-0.15, -0.1) is 0 Å². The van der Waals surface area contributed by atoms with E-state index in [0.29, 0.717) is 11.1 Å². The van der Waals surface area contributed by atoms with Gasteiger partial charge in [0.1, 0.15) is 5.82 Å². The highest BCUT2D eigenvalue weighted by Crippen LogP contribution is 2.25. The van der Waals surface area contributed by atoms with Gasteiger partial charge in [-0.05, 0) is 30.2 Å². The third kappa shape index (κ3) is 4.92. The van der Waals surface area contributed by atoms with Crippen molar-refractivity contribution >= 4 is 23.1 Å². The Morgan fingerprint density at radius 2 is 1.61 bits per heavy atom. The fraction of sp³-hybridized carbons (Fsp3) is 0.115. The molecule has 0 spiro atoms. The van der Waals surface area contributed by atoms with Crippen LogP contribution in [0.2, 0.25) is 0 Å². The predicted molar refractivity (Wildman–Crippen MR) is 136 cm³/mol. The SMILES string of the molecule is Cc1cc(C(=O)N(Cc2ccccc2)c2c(N)n(Cc3ccccc3)c(=O)[nH]c2=O)ccc1[N+](=O)[O-].